The predicted molar refractivity (Wildman–Crippen MR) is 131 cm³/mol. The van der Waals surface area contributed by atoms with E-state index in [0.717, 1.165) is 40.9 Å². The van der Waals surface area contributed by atoms with E-state index in [-0.39, 0.29) is 17.2 Å². The monoisotopic (exact) mass is 464 g/mol. The molecular weight excluding hydrogens is 439 g/mol. The van der Waals surface area contributed by atoms with Crippen LogP contribution in [0.25, 0.3) is 6.08 Å². The molecule has 2 N–H and O–H groups in total. The van der Waals surface area contributed by atoms with Crippen LogP contribution in [0.1, 0.15) is 50.7 Å². The smallest absolute Gasteiger partial charge is 0.205 e. The van der Waals surface area contributed by atoms with Crippen LogP contribution in [0.15, 0.2) is 76.9 Å². The zero-order chi connectivity index (χ0) is 23.0. The number of halogens is 2. The van der Waals surface area contributed by atoms with E-state index in [0.29, 0.717) is 21.5 Å². The molecule has 1 aliphatic carbocycles. The van der Waals surface area contributed by atoms with E-state index in [2.05, 4.69) is 32.9 Å². The van der Waals surface area contributed by atoms with Gasteiger partial charge in [0.2, 0.25) is 5.88 Å². The van der Waals surface area contributed by atoms with E-state index < -0.39 is 0 Å². The van der Waals surface area contributed by atoms with E-state index in [1.807, 2.05) is 48.5 Å². The Labute approximate surface area is 199 Å². The third-order valence-electron chi connectivity index (χ3n) is 6.43. The van der Waals surface area contributed by atoms with E-state index in [9.17, 15) is 5.26 Å². The van der Waals surface area contributed by atoms with Gasteiger partial charge in [-0.2, -0.15) is 5.26 Å². The van der Waals surface area contributed by atoms with E-state index in [4.69, 9.17) is 33.7 Å². The first-order chi connectivity index (χ1) is 15.2. The molecule has 1 heterocycles. The lowest BCUT2D eigenvalue weighted by atomic mass is 9.66. The maximum Gasteiger partial charge on any atom is 0.205 e. The average molecular weight is 465 g/mol. The van der Waals surface area contributed by atoms with Gasteiger partial charge in [-0.1, -0.05) is 80.4 Å². The summed E-state index contributed by atoms with van der Waals surface area (Å²) in [6.45, 7) is 6.75. The quantitative estimate of drug-likeness (QED) is 0.497. The Bertz CT molecular complexity index is 1190. The molecule has 1 aliphatic heterocycles. The molecule has 0 bridgehead atoms. The Kier molecular flexibility index (Phi) is 6.12. The third-order valence-corrected chi connectivity index (χ3v) is 7.12. The summed E-state index contributed by atoms with van der Waals surface area (Å²) >= 11 is 13.1. The topological polar surface area (TPSA) is 59.0 Å². The van der Waals surface area contributed by atoms with Gasteiger partial charge in [-0.05, 0) is 64.7 Å². The van der Waals surface area contributed by atoms with Crippen LogP contribution in [0.5, 0.6) is 0 Å². The summed E-state index contributed by atoms with van der Waals surface area (Å²) in [4.78, 5) is 0. The molecule has 0 saturated carbocycles. The molecule has 164 valence electrons. The summed E-state index contributed by atoms with van der Waals surface area (Å²) in [7, 11) is 0. The van der Waals surface area contributed by atoms with Gasteiger partial charge in [-0.3, -0.25) is 0 Å². The average Bonchev–Trinajstić information content (AvgIpc) is 2.74. The predicted octanol–water partition coefficient (Wildman–Crippen LogP) is 7.59. The second-order valence-corrected chi connectivity index (χ2v) is 10.3. The Morgan fingerprint density at radius 2 is 1.69 bits per heavy atom. The molecule has 5 heteroatoms. The van der Waals surface area contributed by atoms with Gasteiger partial charge in [0.15, 0.2) is 0 Å². The summed E-state index contributed by atoms with van der Waals surface area (Å²) in [5, 5.41) is 11.3. The van der Waals surface area contributed by atoms with Crippen LogP contribution in [-0.2, 0) is 4.74 Å². The van der Waals surface area contributed by atoms with Crippen molar-refractivity contribution in [2.24, 2.45) is 17.1 Å². The van der Waals surface area contributed by atoms with Gasteiger partial charge in [0.25, 0.3) is 0 Å². The molecule has 2 atom stereocenters. The first-order valence-corrected chi connectivity index (χ1v) is 11.5. The minimum absolute atomic E-state index is 0.0582. The number of nitrogens with two attached hydrogens (primary N) is 1. The zero-order valence-electron chi connectivity index (χ0n) is 18.5. The number of nitrogens with zero attached hydrogens (tertiary/aromatic N) is 1. The lowest BCUT2D eigenvalue weighted by Crippen LogP contribution is -2.31. The lowest BCUT2D eigenvalue weighted by molar-refractivity contribution is 0.200. The van der Waals surface area contributed by atoms with Crippen LogP contribution in [0.3, 0.4) is 0 Å². The van der Waals surface area contributed by atoms with Crippen LogP contribution in [0, 0.1) is 22.7 Å². The van der Waals surface area contributed by atoms with Crippen LogP contribution >= 0.6 is 23.2 Å². The van der Waals surface area contributed by atoms with Crippen molar-refractivity contribution in [3.8, 4) is 6.07 Å². The molecule has 0 fully saturated rings. The fraction of sp³-hybridized carbons (Fsp3) is 0.296. The van der Waals surface area contributed by atoms with Crippen molar-refractivity contribution < 1.29 is 4.74 Å². The van der Waals surface area contributed by atoms with Gasteiger partial charge in [0.05, 0.1) is 5.92 Å². The van der Waals surface area contributed by atoms with Crippen molar-refractivity contribution in [1.29, 1.82) is 5.26 Å². The van der Waals surface area contributed by atoms with E-state index >= 15 is 0 Å². The highest BCUT2D eigenvalue weighted by Gasteiger charge is 2.41. The first kappa shape index (κ1) is 22.5. The summed E-state index contributed by atoms with van der Waals surface area (Å²) < 4.78 is 6.13. The largest absolute Gasteiger partial charge is 0.440 e. The number of allylic oxidation sites excluding steroid dienone is 3. The number of benzene rings is 2. The Morgan fingerprint density at radius 3 is 2.31 bits per heavy atom. The van der Waals surface area contributed by atoms with Crippen molar-refractivity contribution in [1.82, 2.24) is 0 Å². The zero-order valence-corrected chi connectivity index (χ0v) is 20.0. The minimum Gasteiger partial charge on any atom is -0.440 e. The Balaban J connectivity index is 1.95. The summed E-state index contributed by atoms with van der Waals surface area (Å²) in [6, 6.07) is 17.7. The van der Waals surface area contributed by atoms with Crippen molar-refractivity contribution >= 4 is 29.3 Å². The number of nitriles is 1. The summed E-state index contributed by atoms with van der Waals surface area (Å²) in [5.74, 6) is 0.891. The van der Waals surface area contributed by atoms with Gasteiger partial charge in [-0.25, -0.2) is 0 Å². The maximum absolute atomic E-state index is 9.97. The molecule has 0 radical (unpaired) electrons. The van der Waals surface area contributed by atoms with Crippen molar-refractivity contribution in [2.45, 2.75) is 39.5 Å². The van der Waals surface area contributed by atoms with E-state index in [1.165, 1.54) is 0 Å². The fourth-order valence-electron chi connectivity index (χ4n) is 4.54. The lowest BCUT2D eigenvalue weighted by Gasteiger charge is -2.41. The highest BCUT2D eigenvalue weighted by Crippen LogP contribution is 2.52. The second-order valence-electron chi connectivity index (χ2n) is 9.46. The molecule has 0 saturated heterocycles. The van der Waals surface area contributed by atoms with Crippen molar-refractivity contribution in [3.63, 3.8) is 0 Å². The minimum atomic E-state index is -0.336. The fourth-order valence-corrected chi connectivity index (χ4v) is 4.98. The van der Waals surface area contributed by atoms with Crippen LogP contribution < -0.4 is 5.73 Å². The molecule has 4 rings (SSSR count). The molecule has 0 aromatic heterocycles. The molecule has 0 amide bonds. The van der Waals surface area contributed by atoms with Crippen LogP contribution in [-0.4, -0.2) is 0 Å². The highest BCUT2D eigenvalue weighted by molar-refractivity contribution is 6.32. The van der Waals surface area contributed by atoms with Crippen molar-refractivity contribution in [2.75, 3.05) is 0 Å². The Hall–Kier alpha value is -2.67. The molecule has 3 nitrogen and oxygen atoms in total. The highest BCUT2D eigenvalue weighted by atomic mass is 35.5. The summed E-state index contributed by atoms with van der Waals surface area (Å²) in [5.41, 5.74) is 10.6. The Morgan fingerprint density at radius 1 is 1.03 bits per heavy atom. The third kappa shape index (κ3) is 4.18. The standard InChI is InChI=1S/C27H26Cl2N2O/c1-27(2,3)18-13-17(12-16-8-4-6-10-22(16)28)25-20(14-18)24(21(15-30)26(31)32-25)19-9-5-7-11-23(19)29/h4-12,18,24H,13-14,31H2,1-3H3. The van der Waals surface area contributed by atoms with Gasteiger partial charge in [-0.15, -0.1) is 0 Å². The number of ether oxygens (including phenoxy) is 1. The molecule has 32 heavy (non-hydrogen) atoms. The number of rotatable bonds is 2. The first-order valence-electron chi connectivity index (χ1n) is 10.7. The second kappa shape index (κ2) is 8.70. The number of hydrogen-bond acceptors (Lipinski definition) is 3. The molecule has 2 aromatic carbocycles. The molecular formula is C27H26Cl2N2O. The van der Waals surface area contributed by atoms with Gasteiger partial charge in [0.1, 0.15) is 17.4 Å². The van der Waals surface area contributed by atoms with Crippen molar-refractivity contribution in [3.05, 3.63) is 98.1 Å². The maximum atomic E-state index is 9.97. The van der Waals surface area contributed by atoms with Crippen LogP contribution in [0.4, 0.5) is 0 Å². The molecule has 2 aromatic rings. The summed E-state index contributed by atoms with van der Waals surface area (Å²) in [6.07, 6.45) is 3.72. The molecule has 2 aliphatic rings. The molecule has 2 unspecified atom stereocenters. The van der Waals surface area contributed by atoms with Gasteiger partial charge >= 0.3 is 0 Å². The van der Waals surface area contributed by atoms with Gasteiger partial charge < -0.3 is 10.5 Å². The van der Waals surface area contributed by atoms with Gasteiger partial charge in [0, 0.05) is 10.0 Å². The van der Waals surface area contributed by atoms with Crippen LogP contribution in [0.2, 0.25) is 10.0 Å². The SMILES string of the molecule is CC(C)(C)C1CC(=Cc2ccccc2Cl)C2=C(C1)C(c1ccccc1Cl)C(C#N)=C(N)O2. The van der Waals surface area contributed by atoms with E-state index in [1.54, 1.807) is 0 Å². The molecule has 0 spiro atoms. The number of hydrogen-bond donors (Lipinski definition) is 1. The normalized spacial score (nSPS) is 22.4.